The average Bonchev–Trinajstić information content (AvgIpc) is 3.12. The molecule has 2 aromatic carbocycles. The Labute approximate surface area is 191 Å². The van der Waals surface area contributed by atoms with Crippen LogP contribution in [-0.2, 0) is 21.3 Å². The number of carbonyl (C=O) groups excluding carboxylic acids is 1. The van der Waals surface area contributed by atoms with Gasteiger partial charge in [-0.3, -0.25) is 9.36 Å². The minimum absolute atomic E-state index is 0.0429. The summed E-state index contributed by atoms with van der Waals surface area (Å²) in [6.45, 7) is 2.16. The summed E-state index contributed by atoms with van der Waals surface area (Å²) >= 11 is 0. The van der Waals surface area contributed by atoms with Crippen molar-refractivity contribution < 1.29 is 22.4 Å². The van der Waals surface area contributed by atoms with Gasteiger partial charge in [0.1, 0.15) is 0 Å². The number of likely N-dealkylation sites (N-methyl/N-ethyl adjacent to an activating group) is 1. The Morgan fingerprint density at radius 3 is 2.58 bits per heavy atom. The standard InChI is InChI=1S/C22H26N4O6S/c1-24(2)9-10-26-18-15-16(7-8-19(18)32-22(26)28)23-21(27)17-5-3-4-6-20(17)33(29,30)25-11-13-31-14-12-25/h3-8,15H,9-14H2,1-2H3,(H,23,27). The van der Waals surface area contributed by atoms with Crippen molar-refractivity contribution in [1.82, 2.24) is 13.8 Å². The number of fused-ring (bicyclic) bond motifs is 1. The number of ether oxygens (including phenoxy) is 1. The first-order valence-corrected chi connectivity index (χ1v) is 12.0. The Kier molecular flexibility index (Phi) is 6.66. The van der Waals surface area contributed by atoms with E-state index >= 15 is 0 Å². The van der Waals surface area contributed by atoms with Gasteiger partial charge in [0.25, 0.3) is 5.91 Å². The molecule has 3 aromatic rings. The zero-order chi connectivity index (χ0) is 23.6. The number of hydrogen-bond donors (Lipinski definition) is 1. The number of aromatic nitrogens is 1. The Morgan fingerprint density at radius 1 is 1.12 bits per heavy atom. The van der Waals surface area contributed by atoms with Crippen LogP contribution in [0.4, 0.5) is 5.69 Å². The largest absolute Gasteiger partial charge is 0.419 e. The maximum atomic E-state index is 13.2. The Hall–Kier alpha value is -2.99. The van der Waals surface area contributed by atoms with Gasteiger partial charge in [0.05, 0.1) is 29.2 Å². The Bertz CT molecular complexity index is 1320. The predicted molar refractivity (Wildman–Crippen MR) is 123 cm³/mol. The molecule has 1 amide bonds. The minimum Gasteiger partial charge on any atom is -0.408 e. The molecule has 33 heavy (non-hydrogen) atoms. The van der Waals surface area contributed by atoms with Crippen molar-refractivity contribution in [3.8, 4) is 0 Å². The van der Waals surface area contributed by atoms with E-state index in [1.54, 1.807) is 30.3 Å². The summed E-state index contributed by atoms with van der Waals surface area (Å²) in [6, 6.07) is 11.0. The van der Waals surface area contributed by atoms with E-state index in [2.05, 4.69) is 5.32 Å². The van der Waals surface area contributed by atoms with Crippen molar-refractivity contribution in [3.05, 3.63) is 58.6 Å². The quantitative estimate of drug-likeness (QED) is 0.551. The van der Waals surface area contributed by atoms with Crippen molar-refractivity contribution in [2.24, 2.45) is 0 Å². The van der Waals surface area contributed by atoms with Crippen LogP contribution in [0.15, 0.2) is 56.6 Å². The molecule has 176 valence electrons. The molecule has 1 aromatic heterocycles. The fourth-order valence-electron chi connectivity index (χ4n) is 3.66. The summed E-state index contributed by atoms with van der Waals surface area (Å²) in [5, 5.41) is 2.75. The molecular weight excluding hydrogens is 448 g/mol. The van der Waals surface area contributed by atoms with E-state index in [9.17, 15) is 18.0 Å². The first-order valence-electron chi connectivity index (χ1n) is 10.5. The molecule has 4 rings (SSSR count). The molecule has 0 unspecified atom stereocenters. The number of hydrogen-bond acceptors (Lipinski definition) is 7. The second-order valence-corrected chi connectivity index (χ2v) is 9.88. The molecule has 1 saturated heterocycles. The first kappa shape index (κ1) is 23.2. The van der Waals surface area contributed by atoms with Crippen LogP contribution in [0.5, 0.6) is 0 Å². The summed E-state index contributed by atoms with van der Waals surface area (Å²) in [7, 11) is -0.0479. The molecule has 0 bridgehead atoms. The number of nitrogens with zero attached hydrogens (tertiary/aromatic N) is 3. The van der Waals surface area contributed by atoms with E-state index in [4.69, 9.17) is 9.15 Å². The number of morpholine rings is 1. The van der Waals surface area contributed by atoms with Gasteiger partial charge in [0, 0.05) is 31.9 Å². The minimum atomic E-state index is -3.86. The van der Waals surface area contributed by atoms with Crippen molar-refractivity contribution in [1.29, 1.82) is 0 Å². The Balaban J connectivity index is 1.63. The second-order valence-electron chi connectivity index (χ2n) is 7.97. The number of nitrogens with one attached hydrogen (secondary N) is 1. The molecule has 1 N–H and O–H groups in total. The van der Waals surface area contributed by atoms with E-state index in [0.29, 0.717) is 43.1 Å². The van der Waals surface area contributed by atoms with Crippen LogP contribution in [-0.4, -0.2) is 75.0 Å². The first-order chi connectivity index (χ1) is 15.8. The summed E-state index contributed by atoms with van der Waals surface area (Å²) in [5.74, 6) is -1.04. The van der Waals surface area contributed by atoms with Crippen LogP contribution >= 0.6 is 0 Å². The highest BCUT2D eigenvalue weighted by atomic mass is 32.2. The van der Waals surface area contributed by atoms with Gasteiger partial charge in [-0.25, -0.2) is 13.2 Å². The smallest absolute Gasteiger partial charge is 0.408 e. The number of benzene rings is 2. The van der Waals surface area contributed by atoms with Crippen LogP contribution in [0, 0.1) is 0 Å². The van der Waals surface area contributed by atoms with E-state index < -0.39 is 21.7 Å². The third-order valence-corrected chi connectivity index (χ3v) is 7.37. The summed E-state index contributed by atoms with van der Waals surface area (Å²) < 4.78 is 39.7. The topological polar surface area (TPSA) is 114 Å². The third-order valence-electron chi connectivity index (χ3n) is 5.42. The maximum absolute atomic E-state index is 13.2. The number of sulfonamides is 1. The van der Waals surface area contributed by atoms with Crippen LogP contribution < -0.4 is 11.1 Å². The normalized spacial score (nSPS) is 15.2. The highest BCUT2D eigenvalue weighted by Gasteiger charge is 2.30. The number of carbonyl (C=O) groups is 1. The van der Waals surface area contributed by atoms with Crippen molar-refractivity contribution in [3.63, 3.8) is 0 Å². The summed E-state index contributed by atoms with van der Waals surface area (Å²) in [4.78, 5) is 27.2. The highest BCUT2D eigenvalue weighted by molar-refractivity contribution is 7.89. The van der Waals surface area contributed by atoms with E-state index in [-0.39, 0.29) is 23.5 Å². The van der Waals surface area contributed by atoms with E-state index in [1.807, 2.05) is 19.0 Å². The van der Waals surface area contributed by atoms with Gasteiger partial charge in [-0.15, -0.1) is 0 Å². The molecular formula is C22H26N4O6S. The third kappa shape index (κ3) is 4.86. The van der Waals surface area contributed by atoms with Crippen LogP contribution in [0.3, 0.4) is 0 Å². The van der Waals surface area contributed by atoms with Crippen LogP contribution in [0.2, 0.25) is 0 Å². The van der Waals surface area contributed by atoms with Gasteiger partial charge in [-0.1, -0.05) is 12.1 Å². The van der Waals surface area contributed by atoms with Crippen LogP contribution in [0.25, 0.3) is 11.1 Å². The van der Waals surface area contributed by atoms with Crippen molar-refractivity contribution in [2.45, 2.75) is 11.4 Å². The second kappa shape index (κ2) is 9.48. The zero-order valence-electron chi connectivity index (χ0n) is 18.5. The molecule has 0 aliphatic carbocycles. The number of anilines is 1. The molecule has 1 aliphatic heterocycles. The number of oxazole rings is 1. The zero-order valence-corrected chi connectivity index (χ0v) is 19.3. The fourth-order valence-corrected chi connectivity index (χ4v) is 5.25. The molecule has 0 saturated carbocycles. The Morgan fingerprint density at radius 2 is 1.85 bits per heavy atom. The lowest BCUT2D eigenvalue weighted by molar-refractivity contribution is 0.0730. The lowest BCUT2D eigenvalue weighted by Crippen LogP contribution is -2.41. The molecule has 0 spiro atoms. The fraction of sp³-hybridized carbons (Fsp3) is 0.364. The lowest BCUT2D eigenvalue weighted by Gasteiger charge is -2.26. The molecule has 11 heteroatoms. The summed E-state index contributed by atoms with van der Waals surface area (Å²) in [6.07, 6.45) is 0. The van der Waals surface area contributed by atoms with Gasteiger partial charge in [0.15, 0.2) is 5.58 Å². The molecule has 0 radical (unpaired) electrons. The monoisotopic (exact) mass is 474 g/mol. The molecule has 10 nitrogen and oxygen atoms in total. The SMILES string of the molecule is CN(C)CCn1c(=O)oc2ccc(NC(=O)c3ccccc3S(=O)(=O)N3CCOCC3)cc21. The van der Waals surface area contributed by atoms with Gasteiger partial charge >= 0.3 is 5.76 Å². The van der Waals surface area contributed by atoms with Gasteiger partial charge in [-0.05, 0) is 44.4 Å². The lowest BCUT2D eigenvalue weighted by atomic mass is 10.2. The molecule has 2 heterocycles. The van der Waals surface area contributed by atoms with Gasteiger partial charge < -0.3 is 19.4 Å². The van der Waals surface area contributed by atoms with Gasteiger partial charge in [-0.2, -0.15) is 4.31 Å². The van der Waals surface area contributed by atoms with E-state index in [1.165, 1.54) is 21.0 Å². The molecule has 0 atom stereocenters. The maximum Gasteiger partial charge on any atom is 0.419 e. The van der Waals surface area contributed by atoms with Gasteiger partial charge in [0.2, 0.25) is 10.0 Å². The number of rotatable bonds is 7. The van der Waals surface area contributed by atoms with Crippen molar-refractivity contribution in [2.75, 3.05) is 52.3 Å². The van der Waals surface area contributed by atoms with Crippen molar-refractivity contribution >= 4 is 32.7 Å². The predicted octanol–water partition coefficient (Wildman–Crippen LogP) is 1.43. The number of amides is 1. The average molecular weight is 475 g/mol. The van der Waals surface area contributed by atoms with E-state index in [0.717, 1.165) is 0 Å². The molecule has 1 aliphatic rings. The molecule has 1 fully saturated rings. The highest BCUT2D eigenvalue weighted by Crippen LogP contribution is 2.24. The van der Waals surface area contributed by atoms with Crippen LogP contribution in [0.1, 0.15) is 10.4 Å². The summed E-state index contributed by atoms with van der Waals surface area (Å²) in [5.41, 5.74) is 1.42.